The topological polar surface area (TPSA) is 44.1 Å². The lowest BCUT2D eigenvalue weighted by atomic mass is 10.1. The van der Waals surface area contributed by atoms with E-state index in [1.54, 1.807) is 16.8 Å². The first-order chi connectivity index (χ1) is 13.6. The summed E-state index contributed by atoms with van der Waals surface area (Å²) in [6, 6.07) is 12.9. The molecule has 0 amide bonds. The van der Waals surface area contributed by atoms with Gasteiger partial charge >= 0.3 is 5.97 Å². The van der Waals surface area contributed by atoms with Gasteiger partial charge in [-0.25, -0.2) is 9.48 Å². The van der Waals surface area contributed by atoms with Crippen molar-refractivity contribution < 1.29 is 9.53 Å². The third-order valence-corrected chi connectivity index (χ3v) is 5.93. The van der Waals surface area contributed by atoms with Crippen LogP contribution < -0.4 is 4.74 Å². The smallest absolute Gasteiger partial charge is 0.346 e. The average Bonchev–Trinajstić information content (AvgIpc) is 2.95. The number of hydrogen-bond acceptors (Lipinski definition) is 4. The molecule has 7 heteroatoms. The number of benzene rings is 2. The molecule has 1 heterocycles. The molecule has 0 aliphatic rings. The van der Waals surface area contributed by atoms with E-state index in [1.807, 2.05) is 58.9 Å². The number of esters is 1. The van der Waals surface area contributed by atoms with Gasteiger partial charge in [0.2, 0.25) is 5.88 Å². The molecule has 0 bridgehead atoms. The Labute approximate surface area is 185 Å². The molecule has 152 valence electrons. The third-order valence-electron chi connectivity index (χ3n) is 4.18. The molecule has 0 fully saturated rings. The van der Waals surface area contributed by atoms with Crippen LogP contribution in [0.3, 0.4) is 0 Å². The zero-order valence-corrected chi connectivity index (χ0v) is 19.2. The molecule has 0 radical (unpaired) electrons. The third kappa shape index (κ3) is 4.97. The standard InChI is InChI=1S/C22H22Cl2N2O2S/c1-13-6-9-16(10-7-13)29-19-14(2)25-26(22(3,4)5)20(19)28-21(27)17-12-15(23)8-11-18(17)24/h6-12H,1-5H3. The number of nitrogens with zero attached hydrogens (tertiary/aromatic N) is 2. The van der Waals surface area contributed by atoms with E-state index in [0.29, 0.717) is 10.9 Å². The lowest BCUT2D eigenvalue weighted by Gasteiger charge is -2.22. The second-order valence-electron chi connectivity index (χ2n) is 7.73. The van der Waals surface area contributed by atoms with Gasteiger partial charge in [-0.2, -0.15) is 5.10 Å². The molecule has 3 rings (SSSR count). The van der Waals surface area contributed by atoms with Crippen LogP contribution in [0.15, 0.2) is 52.3 Å². The van der Waals surface area contributed by atoms with Gasteiger partial charge in [-0.15, -0.1) is 0 Å². The first-order valence-corrected chi connectivity index (χ1v) is 10.7. The van der Waals surface area contributed by atoms with Crippen LogP contribution in [0.1, 0.15) is 42.4 Å². The molecule has 29 heavy (non-hydrogen) atoms. The van der Waals surface area contributed by atoms with Gasteiger partial charge in [0.1, 0.15) is 0 Å². The molecule has 0 atom stereocenters. The Morgan fingerprint density at radius 1 is 1.07 bits per heavy atom. The minimum atomic E-state index is -0.575. The fourth-order valence-corrected chi connectivity index (χ4v) is 3.95. The number of carbonyl (C=O) groups excluding carboxylic acids is 1. The van der Waals surface area contributed by atoms with Crippen molar-refractivity contribution in [3.8, 4) is 5.88 Å². The number of halogens is 2. The molecule has 0 saturated heterocycles. The van der Waals surface area contributed by atoms with E-state index in [0.717, 1.165) is 15.5 Å². The van der Waals surface area contributed by atoms with Crippen LogP contribution in [0.2, 0.25) is 10.0 Å². The molecule has 2 aromatic carbocycles. The summed E-state index contributed by atoms with van der Waals surface area (Å²) in [5.41, 5.74) is 1.79. The van der Waals surface area contributed by atoms with Crippen LogP contribution in [-0.2, 0) is 5.54 Å². The van der Waals surface area contributed by atoms with Gasteiger partial charge in [0, 0.05) is 9.92 Å². The number of ether oxygens (including phenoxy) is 1. The molecule has 0 unspecified atom stereocenters. The van der Waals surface area contributed by atoms with Crippen LogP contribution in [0.4, 0.5) is 0 Å². The highest BCUT2D eigenvalue weighted by molar-refractivity contribution is 7.99. The molecule has 0 spiro atoms. The molecular formula is C22H22Cl2N2O2S. The average molecular weight is 449 g/mol. The van der Waals surface area contributed by atoms with E-state index in [1.165, 1.54) is 23.4 Å². The Balaban J connectivity index is 2.04. The lowest BCUT2D eigenvalue weighted by molar-refractivity contribution is 0.0704. The monoisotopic (exact) mass is 448 g/mol. The van der Waals surface area contributed by atoms with Gasteiger partial charge in [0.25, 0.3) is 0 Å². The van der Waals surface area contributed by atoms with Crippen molar-refractivity contribution in [2.24, 2.45) is 0 Å². The highest BCUT2D eigenvalue weighted by atomic mass is 35.5. The maximum atomic E-state index is 12.9. The molecule has 3 aromatic rings. The summed E-state index contributed by atoms with van der Waals surface area (Å²) in [7, 11) is 0. The molecule has 0 aliphatic heterocycles. The van der Waals surface area contributed by atoms with Gasteiger partial charge in [-0.3, -0.25) is 0 Å². The van der Waals surface area contributed by atoms with E-state index in [2.05, 4.69) is 5.10 Å². The van der Waals surface area contributed by atoms with Crippen molar-refractivity contribution in [3.63, 3.8) is 0 Å². The lowest BCUT2D eigenvalue weighted by Crippen LogP contribution is -2.25. The summed E-state index contributed by atoms with van der Waals surface area (Å²) in [6.07, 6.45) is 0. The Hall–Kier alpha value is -1.95. The van der Waals surface area contributed by atoms with E-state index in [-0.39, 0.29) is 16.1 Å². The van der Waals surface area contributed by atoms with Crippen molar-refractivity contribution in [2.45, 2.75) is 49.9 Å². The van der Waals surface area contributed by atoms with E-state index >= 15 is 0 Å². The van der Waals surface area contributed by atoms with E-state index in [9.17, 15) is 4.79 Å². The van der Waals surface area contributed by atoms with Crippen LogP contribution >= 0.6 is 35.0 Å². The summed E-state index contributed by atoms with van der Waals surface area (Å²) < 4.78 is 7.57. The Morgan fingerprint density at radius 2 is 1.72 bits per heavy atom. The van der Waals surface area contributed by atoms with Gasteiger partial charge in [-0.1, -0.05) is 52.7 Å². The first kappa shape index (κ1) is 21.8. The van der Waals surface area contributed by atoms with Crippen molar-refractivity contribution in [1.29, 1.82) is 0 Å². The van der Waals surface area contributed by atoms with Gasteiger partial charge < -0.3 is 4.74 Å². The molecule has 0 aliphatic carbocycles. The van der Waals surface area contributed by atoms with Crippen molar-refractivity contribution in [2.75, 3.05) is 0 Å². The summed E-state index contributed by atoms with van der Waals surface area (Å²) in [5.74, 6) is -0.185. The highest BCUT2D eigenvalue weighted by Gasteiger charge is 2.28. The fourth-order valence-electron chi connectivity index (χ4n) is 2.67. The minimum Gasteiger partial charge on any atom is -0.403 e. The fraction of sp³-hybridized carbons (Fsp3) is 0.273. The second kappa shape index (κ2) is 8.42. The van der Waals surface area contributed by atoms with Crippen LogP contribution in [0.25, 0.3) is 0 Å². The number of hydrogen-bond donors (Lipinski definition) is 0. The van der Waals surface area contributed by atoms with Crippen molar-refractivity contribution in [1.82, 2.24) is 9.78 Å². The Kier molecular flexibility index (Phi) is 6.32. The van der Waals surface area contributed by atoms with Gasteiger partial charge in [-0.05, 0) is 65.0 Å². The van der Waals surface area contributed by atoms with Crippen LogP contribution in [-0.4, -0.2) is 15.7 Å². The summed E-state index contributed by atoms with van der Waals surface area (Å²) in [4.78, 5) is 14.7. The van der Waals surface area contributed by atoms with Gasteiger partial charge in [0.05, 0.1) is 26.7 Å². The number of carbonyl (C=O) groups is 1. The number of aryl methyl sites for hydroxylation is 2. The summed E-state index contributed by atoms with van der Waals surface area (Å²) in [5, 5.41) is 5.34. The van der Waals surface area contributed by atoms with Crippen molar-refractivity contribution >= 4 is 40.9 Å². The van der Waals surface area contributed by atoms with E-state index < -0.39 is 5.97 Å². The highest BCUT2D eigenvalue weighted by Crippen LogP contribution is 2.40. The summed E-state index contributed by atoms with van der Waals surface area (Å²) >= 11 is 13.7. The SMILES string of the molecule is Cc1ccc(Sc2c(C)nn(C(C)(C)C)c2OC(=O)c2cc(Cl)ccc2Cl)cc1. The predicted octanol–water partition coefficient (Wildman–Crippen LogP) is 6.93. The molecular weight excluding hydrogens is 427 g/mol. The summed E-state index contributed by atoms with van der Waals surface area (Å²) in [6.45, 7) is 9.96. The maximum absolute atomic E-state index is 12.9. The van der Waals surface area contributed by atoms with E-state index in [4.69, 9.17) is 27.9 Å². The molecule has 0 saturated carbocycles. The zero-order chi connectivity index (χ0) is 21.3. The first-order valence-electron chi connectivity index (χ1n) is 9.08. The molecule has 1 aromatic heterocycles. The Bertz CT molecular complexity index is 1050. The van der Waals surface area contributed by atoms with Crippen LogP contribution in [0, 0.1) is 13.8 Å². The van der Waals surface area contributed by atoms with Crippen molar-refractivity contribution in [3.05, 3.63) is 69.3 Å². The maximum Gasteiger partial charge on any atom is 0.346 e. The van der Waals surface area contributed by atoms with Gasteiger partial charge in [0.15, 0.2) is 0 Å². The normalized spacial score (nSPS) is 11.6. The van der Waals surface area contributed by atoms with Crippen LogP contribution in [0.5, 0.6) is 5.88 Å². The second-order valence-corrected chi connectivity index (χ2v) is 9.66. The minimum absolute atomic E-state index is 0.213. The quantitative estimate of drug-likeness (QED) is 0.405. The largest absolute Gasteiger partial charge is 0.403 e. The Morgan fingerprint density at radius 3 is 2.34 bits per heavy atom. The number of rotatable bonds is 4. The molecule has 4 nitrogen and oxygen atoms in total. The predicted molar refractivity (Wildman–Crippen MR) is 119 cm³/mol. The zero-order valence-electron chi connectivity index (χ0n) is 16.9. The number of aromatic nitrogens is 2. The molecule has 0 N–H and O–H groups in total.